The van der Waals surface area contributed by atoms with Crippen LogP contribution in [0, 0.1) is 0 Å². The summed E-state index contributed by atoms with van der Waals surface area (Å²) in [6, 6.07) is 6.79. The molecule has 0 aliphatic carbocycles. The zero-order valence-corrected chi connectivity index (χ0v) is 14.2. The van der Waals surface area contributed by atoms with Crippen LogP contribution < -0.4 is 5.32 Å². The van der Waals surface area contributed by atoms with Crippen LogP contribution >= 0.6 is 0 Å². The van der Waals surface area contributed by atoms with E-state index in [1.54, 1.807) is 24.3 Å². The Morgan fingerprint density at radius 3 is 2.33 bits per heavy atom. The van der Waals surface area contributed by atoms with E-state index in [-0.39, 0.29) is 30.4 Å². The molecule has 0 saturated carbocycles. The lowest BCUT2D eigenvalue weighted by molar-refractivity contribution is -0.121. The molecular weight excluding hydrogens is 308 g/mol. The second-order valence-electron chi connectivity index (χ2n) is 6.03. The molecule has 1 aromatic carbocycles. The van der Waals surface area contributed by atoms with Crippen molar-refractivity contribution < 1.29 is 19.1 Å². The number of nitrogens with zero attached hydrogens (tertiary/aromatic N) is 1. The highest BCUT2D eigenvalue weighted by atomic mass is 16.5. The highest BCUT2D eigenvalue weighted by molar-refractivity contribution is 6.21. The van der Waals surface area contributed by atoms with Crippen molar-refractivity contribution in [3.05, 3.63) is 35.4 Å². The minimum Gasteiger partial charge on any atom is -0.379 e. The molecule has 3 amide bonds. The van der Waals surface area contributed by atoms with Gasteiger partial charge >= 0.3 is 0 Å². The van der Waals surface area contributed by atoms with Crippen LogP contribution in [0.1, 0.15) is 53.8 Å². The van der Waals surface area contributed by atoms with Gasteiger partial charge < -0.3 is 10.1 Å². The van der Waals surface area contributed by atoms with Gasteiger partial charge in [0.05, 0.1) is 17.2 Å². The summed E-state index contributed by atoms with van der Waals surface area (Å²) in [6.07, 6.45) is 1.71. The molecule has 6 nitrogen and oxygen atoms in total. The van der Waals surface area contributed by atoms with Gasteiger partial charge in [-0.25, -0.2) is 0 Å². The number of hydrogen-bond acceptors (Lipinski definition) is 4. The van der Waals surface area contributed by atoms with Gasteiger partial charge in [0.1, 0.15) is 0 Å². The fourth-order valence-electron chi connectivity index (χ4n) is 2.55. The van der Waals surface area contributed by atoms with Crippen LogP contribution in [0.3, 0.4) is 0 Å². The molecule has 1 aromatic rings. The van der Waals surface area contributed by atoms with Gasteiger partial charge in [-0.15, -0.1) is 0 Å². The molecule has 6 heteroatoms. The molecule has 2 rings (SSSR count). The highest BCUT2D eigenvalue weighted by Crippen LogP contribution is 2.22. The lowest BCUT2D eigenvalue weighted by Crippen LogP contribution is -2.32. The average Bonchev–Trinajstić information content (AvgIpc) is 2.79. The maximum Gasteiger partial charge on any atom is 0.261 e. The minimum atomic E-state index is -0.276. The van der Waals surface area contributed by atoms with Crippen LogP contribution in [-0.2, 0) is 9.53 Å². The summed E-state index contributed by atoms with van der Waals surface area (Å²) in [7, 11) is 0. The average molecular weight is 332 g/mol. The maximum absolute atomic E-state index is 12.2. The zero-order chi connectivity index (χ0) is 17.5. The first kappa shape index (κ1) is 18.1. The van der Waals surface area contributed by atoms with Crippen LogP contribution in [0.15, 0.2) is 24.3 Å². The number of ether oxygens (including phenoxy) is 1. The number of carbonyl (C=O) groups is 3. The van der Waals surface area contributed by atoms with Crippen molar-refractivity contribution in [3.8, 4) is 0 Å². The zero-order valence-electron chi connectivity index (χ0n) is 14.2. The Morgan fingerprint density at radius 1 is 1.12 bits per heavy atom. The van der Waals surface area contributed by atoms with Crippen LogP contribution in [-0.4, -0.2) is 48.4 Å². The number of rotatable bonds is 9. The van der Waals surface area contributed by atoms with Crippen molar-refractivity contribution in [2.45, 2.75) is 39.2 Å². The Labute approximate surface area is 142 Å². The van der Waals surface area contributed by atoms with E-state index < -0.39 is 0 Å². The SMILES string of the molecule is CC(C)OCCCNC(=O)CCCN1C(=O)c2ccccc2C1=O. The largest absolute Gasteiger partial charge is 0.379 e. The summed E-state index contributed by atoms with van der Waals surface area (Å²) in [6.45, 7) is 5.39. The van der Waals surface area contributed by atoms with Gasteiger partial charge in [0.2, 0.25) is 5.91 Å². The van der Waals surface area contributed by atoms with E-state index in [2.05, 4.69) is 5.32 Å². The van der Waals surface area contributed by atoms with Gasteiger partial charge in [-0.1, -0.05) is 12.1 Å². The lowest BCUT2D eigenvalue weighted by atomic mass is 10.1. The topological polar surface area (TPSA) is 75.7 Å². The molecule has 0 aromatic heterocycles. The van der Waals surface area contributed by atoms with Gasteiger partial charge in [0, 0.05) is 26.1 Å². The molecule has 0 saturated heterocycles. The van der Waals surface area contributed by atoms with Crippen LogP contribution in [0.25, 0.3) is 0 Å². The molecule has 0 spiro atoms. The maximum atomic E-state index is 12.2. The number of fused-ring (bicyclic) bond motifs is 1. The van der Waals surface area contributed by atoms with Crippen molar-refractivity contribution in [3.63, 3.8) is 0 Å². The van der Waals surface area contributed by atoms with Crippen molar-refractivity contribution in [2.75, 3.05) is 19.7 Å². The summed E-state index contributed by atoms with van der Waals surface area (Å²) in [5.74, 6) is -0.625. The van der Waals surface area contributed by atoms with Gasteiger partial charge in [-0.3, -0.25) is 19.3 Å². The first-order valence-electron chi connectivity index (χ1n) is 8.34. The predicted octanol–water partition coefficient (Wildman–Crippen LogP) is 1.99. The van der Waals surface area contributed by atoms with E-state index in [0.29, 0.717) is 37.1 Å². The number of nitrogens with one attached hydrogen (secondary N) is 1. The monoisotopic (exact) mass is 332 g/mol. The molecule has 1 N–H and O–H groups in total. The van der Waals surface area contributed by atoms with E-state index >= 15 is 0 Å². The second kappa shape index (κ2) is 8.59. The number of hydrogen-bond donors (Lipinski definition) is 1. The summed E-state index contributed by atoms with van der Waals surface area (Å²) < 4.78 is 5.39. The standard InChI is InChI=1S/C18H24N2O4/c1-13(2)24-12-6-10-19-16(21)9-5-11-20-17(22)14-7-3-4-8-15(14)18(20)23/h3-4,7-8,13H,5-6,9-12H2,1-2H3,(H,19,21). The highest BCUT2D eigenvalue weighted by Gasteiger charge is 2.34. The molecule has 0 atom stereocenters. The van der Waals surface area contributed by atoms with E-state index in [0.717, 1.165) is 6.42 Å². The first-order valence-corrected chi connectivity index (χ1v) is 8.34. The number of amides is 3. The Kier molecular flexibility index (Phi) is 6.49. The molecule has 0 radical (unpaired) electrons. The van der Waals surface area contributed by atoms with E-state index in [1.807, 2.05) is 13.8 Å². The predicted molar refractivity (Wildman–Crippen MR) is 89.8 cm³/mol. The molecular formula is C18H24N2O4. The van der Waals surface area contributed by atoms with Crippen LogP contribution in [0.2, 0.25) is 0 Å². The Hall–Kier alpha value is -2.21. The van der Waals surface area contributed by atoms with E-state index in [1.165, 1.54) is 4.90 Å². The third-order valence-corrected chi connectivity index (χ3v) is 3.76. The number of imide groups is 1. The third kappa shape index (κ3) is 4.64. The molecule has 1 aliphatic heterocycles. The van der Waals surface area contributed by atoms with Crippen LogP contribution in [0.4, 0.5) is 0 Å². The smallest absolute Gasteiger partial charge is 0.261 e. The summed E-state index contributed by atoms with van der Waals surface area (Å²) in [5, 5.41) is 2.81. The number of carbonyl (C=O) groups excluding carboxylic acids is 3. The summed E-state index contributed by atoms with van der Waals surface area (Å²) in [5.41, 5.74) is 0.884. The van der Waals surface area contributed by atoms with Crippen molar-refractivity contribution in [1.29, 1.82) is 0 Å². The van der Waals surface area contributed by atoms with Gasteiger partial charge in [-0.2, -0.15) is 0 Å². The van der Waals surface area contributed by atoms with Crippen molar-refractivity contribution >= 4 is 17.7 Å². The Bertz CT molecular complexity index is 578. The van der Waals surface area contributed by atoms with E-state index in [4.69, 9.17) is 4.74 Å². The lowest BCUT2D eigenvalue weighted by Gasteiger charge is -2.13. The Balaban J connectivity index is 1.67. The number of benzene rings is 1. The molecule has 0 bridgehead atoms. The van der Waals surface area contributed by atoms with Gasteiger partial charge in [0.25, 0.3) is 11.8 Å². The quantitative estimate of drug-likeness (QED) is 0.554. The Morgan fingerprint density at radius 2 is 1.75 bits per heavy atom. The third-order valence-electron chi connectivity index (χ3n) is 3.76. The second-order valence-corrected chi connectivity index (χ2v) is 6.03. The van der Waals surface area contributed by atoms with Crippen molar-refractivity contribution in [2.24, 2.45) is 0 Å². The molecule has 0 unspecified atom stereocenters. The van der Waals surface area contributed by atoms with Gasteiger partial charge in [0.15, 0.2) is 0 Å². The fourth-order valence-corrected chi connectivity index (χ4v) is 2.55. The summed E-state index contributed by atoms with van der Waals surface area (Å²) in [4.78, 5) is 37.3. The molecule has 1 aliphatic rings. The van der Waals surface area contributed by atoms with E-state index in [9.17, 15) is 14.4 Å². The first-order chi connectivity index (χ1) is 11.5. The van der Waals surface area contributed by atoms with Gasteiger partial charge in [-0.05, 0) is 38.8 Å². The molecule has 130 valence electrons. The van der Waals surface area contributed by atoms with Crippen molar-refractivity contribution in [1.82, 2.24) is 10.2 Å². The molecule has 0 fully saturated rings. The van der Waals surface area contributed by atoms with Crippen LogP contribution in [0.5, 0.6) is 0 Å². The normalized spacial score (nSPS) is 13.5. The fraction of sp³-hybridized carbons (Fsp3) is 0.500. The molecule has 24 heavy (non-hydrogen) atoms. The molecule has 1 heterocycles. The summed E-state index contributed by atoms with van der Waals surface area (Å²) >= 11 is 0. The minimum absolute atomic E-state index is 0.0730.